The molecule has 5 heteroatoms. The third-order valence-electron chi connectivity index (χ3n) is 3.92. The molecule has 2 nitrogen and oxygen atoms in total. The molecule has 0 radical (unpaired) electrons. The third-order valence-corrected chi connectivity index (χ3v) is 3.92. The molecule has 0 fully saturated rings. The summed E-state index contributed by atoms with van der Waals surface area (Å²) >= 11 is 0. The summed E-state index contributed by atoms with van der Waals surface area (Å²) in [5, 5.41) is 0. The molecule has 132 valence electrons. The molecule has 0 heterocycles. The Balaban J connectivity index is 1.99. The molecule has 0 bridgehead atoms. The first-order chi connectivity index (χ1) is 12.5. The highest BCUT2D eigenvalue weighted by molar-refractivity contribution is 5.90. The van der Waals surface area contributed by atoms with Gasteiger partial charge in [0.05, 0.1) is 0 Å². The van der Waals surface area contributed by atoms with Crippen LogP contribution in [0.15, 0.2) is 66.7 Å². The van der Waals surface area contributed by atoms with Gasteiger partial charge in [-0.15, -0.1) is 0 Å². The van der Waals surface area contributed by atoms with Crippen LogP contribution in [-0.4, -0.2) is 5.97 Å². The Hall–Kier alpha value is -3.08. The predicted molar refractivity (Wildman–Crippen MR) is 91.2 cm³/mol. The number of benzene rings is 3. The molecule has 1 atom stereocenters. The Labute approximate surface area is 148 Å². The fraction of sp³-hybridized carbons (Fsp3) is 0.0952. The Kier molecular flexibility index (Phi) is 5.07. The van der Waals surface area contributed by atoms with E-state index in [0.717, 1.165) is 5.56 Å². The molecule has 3 aromatic carbocycles. The lowest BCUT2D eigenvalue weighted by Gasteiger charge is -2.19. The summed E-state index contributed by atoms with van der Waals surface area (Å²) in [5.74, 6) is -4.91. The highest BCUT2D eigenvalue weighted by Crippen LogP contribution is 2.28. The van der Waals surface area contributed by atoms with Crippen LogP contribution in [0.5, 0.6) is 0 Å². The van der Waals surface area contributed by atoms with Crippen molar-refractivity contribution in [3.8, 4) is 0 Å². The van der Waals surface area contributed by atoms with Gasteiger partial charge < -0.3 is 4.74 Å². The molecule has 0 aliphatic heterocycles. The number of hydrogen-bond acceptors (Lipinski definition) is 2. The van der Waals surface area contributed by atoms with Crippen LogP contribution in [0.2, 0.25) is 0 Å². The van der Waals surface area contributed by atoms with Crippen LogP contribution in [0.4, 0.5) is 13.2 Å². The van der Waals surface area contributed by atoms with E-state index in [1.807, 2.05) is 19.1 Å². The van der Waals surface area contributed by atoms with Gasteiger partial charge in [0.2, 0.25) is 0 Å². The van der Waals surface area contributed by atoms with Gasteiger partial charge in [0.15, 0.2) is 6.10 Å². The third kappa shape index (κ3) is 3.77. The van der Waals surface area contributed by atoms with E-state index in [1.54, 1.807) is 42.5 Å². The van der Waals surface area contributed by atoms with Crippen molar-refractivity contribution >= 4 is 5.97 Å². The SMILES string of the molecule is Cc1ccc(C(OC(=O)c2c(F)cc(F)cc2F)c2ccccc2)cc1. The van der Waals surface area contributed by atoms with Crippen LogP contribution < -0.4 is 0 Å². The molecule has 26 heavy (non-hydrogen) atoms. The molecule has 3 rings (SSSR count). The lowest BCUT2D eigenvalue weighted by Crippen LogP contribution is -2.16. The minimum Gasteiger partial charge on any atom is -0.449 e. The molecule has 0 spiro atoms. The fourth-order valence-corrected chi connectivity index (χ4v) is 2.60. The van der Waals surface area contributed by atoms with Crippen LogP contribution in [0.3, 0.4) is 0 Å². The average Bonchev–Trinajstić information content (AvgIpc) is 2.60. The van der Waals surface area contributed by atoms with E-state index in [4.69, 9.17) is 4.74 Å². The lowest BCUT2D eigenvalue weighted by atomic mass is 10.0. The van der Waals surface area contributed by atoms with Crippen molar-refractivity contribution in [2.75, 3.05) is 0 Å². The van der Waals surface area contributed by atoms with E-state index >= 15 is 0 Å². The Morgan fingerprint density at radius 2 is 1.38 bits per heavy atom. The summed E-state index contributed by atoms with van der Waals surface area (Å²) < 4.78 is 46.3. The first-order valence-electron chi connectivity index (χ1n) is 7.92. The zero-order valence-electron chi connectivity index (χ0n) is 13.9. The number of aryl methyl sites for hydroxylation is 1. The Morgan fingerprint density at radius 3 is 1.96 bits per heavy atom. The van der Waals surface area contributed by atoms with E-state index in [0.29, 0.717) is 23.3 Å². The maximum absolute atomic E-state index is 13.9. The summed E-state index contributed by atoms with van der Waals surface area (Å²) in [6, 6.07) is 17.0. The van der Waals surface area contributed by atoms with Crippen LogP contribution in [-0.2, 0) is 4.74 Å². The maximum Gasteiger partial charge on any atom is 0.345 e. The molecule has 1 unspecified atom stereocenters. The Morgan fingerprint density at radius 1 is 0.846 bits per heavy atom. The van der Waals surface area contributed by atoms with Gasteiger partial charge in [0.25, 0.3) is 0 Å². The van der Waals surface area contributed by atoms with E-state index < -0.39 is 35.1 Å². The maximum atomic E-state index is 13.9. The van der Waals surface area contributed by atoms with Crippen molar-refractivity contribution in [1.29, 1.82) is 0 Å². The first-order valence-corrected chi connectivity index (χ1v) is 7.92. The van der Waals surface area contributed by atoms with E-state index in [1.165, 1.54) is 0 Å². The second kappa shape index (κ2) is 7.44. The zero-order valence-corrected chi connectivity index (χ0v) is 13.9. The second-order valence-electron chi connectivity index (χ2n) is 5.85. The highest BCUT2D eigenvalue weighted by Gasteiger charge is 2.25. The second-order valence-corrected chi connectivity index (χ2v) is 5.85. The van der Waals surface area contributed by atoms with Crippen LogP contribution >= 0.6 is 0 Å². The quantitative estimate of drug-likeness (QED) is 0.589. The number of ether oxygens (including phenoxy) is 1. The van der Waals surface area contributed by atoms with Crippen LogP contribution in [0.1, 0.15) is 33.2 Å². The summed E-state index contributed by atoms with van der Waals surface area (Å²) in [7, 11) is 0. The van der Waals surface area contributed by atoms with Crippen molar-refractivity contribution in [1.82, 2.24) is 0 Å². The molecular formula is C21H15F3O2. The van der Waals surface area contributed by atoms with Crippen molar-refractivity contribution in [3.05, 3.63) is 106 Å². The number of carbonyl (C=O) groups excluding carboxylic acids is 1. The number of rotatable bonds is 4. The van der Waals surface area contributed by atoms with Gasteiger partial charge in [0.1, 0.15) is 23.0 Å². The van der Waals surface area contributed by atoms with Gasteiger partial charge in [-0.25, -0.2) is 18.0 Å². The predicted octanol–water partition coefficient (Wildman–Crippen LogP) is 5.36. The molecular weight excluding hydrogens is 341 g/mol. The number of carbonyl (C=O) groups is 1. The molecule has 0 aliphatic rings. The molecule has 0 saturated carbocycles. The first kappa shape index (κ1) is 17.7. The van der Waals surface area contributed by atoms with Crippen molar-refractivity contribution in [2.45, 2.75) is 13.0 Å². The summed E-state index contributed by atoms with van der Waals surface area (Å²) in [6.07, 6.45) is -0.854. The van der Waals surface area contributed by atoms with Crippen molar-refractivity contribution in [3.63, 3.8) is 0 Å². The topological polar surface area (TPSA) is 26.3 Å². The number of esters is 1. The number of hydrogen-bond donors (Lipinski definition) is 0. The van der Waals surface area contributed by atoms with E-state index in [9.17, 15) is 18.0 Å². The van der Waals surface area contributed by atoms with Gasteiger partial charge in [-0.05, 0) is 18.1 Å². The lowest BCUT2D eigenvalue weighted by molar-refractivity contribution is 0.0366. The van der Waals surface area contributed by atoms with Gasteiger partial charge >= 0.3 is 5.97 Å². The molecule has 0 N–H and O–H groups in total. The molecule has 0 amide bonds. The standard InChI is InChI=1S/C21H15F3O2/c1-13-7-9-15(10-8-13)20(14-5-3-2-4-6-14)26-21(25)19-17(23)11-16(22)12-18(19)24/h2-12,20H,1H3. The average molecular weight is 356 g/mol. The largest absolute Gasteiger partial charge is 0.449 e. The summed E-state index contributed by atoms with van der Waals surface area (Å²) in [4.78, 5) is 12.4. The number of halogens is 3. The van der Waals surface area contributed by atoms with Crippen LogP contribution in [0.25, 0.3) is 0 Å². The summed E-state index contributed by atoms with van der Waals surface area (Å²) in [5.41, 5.74) is 1.40. The molecule has 3 aromatic rings. The Bertz CT molecular complexity index is 899. The van der Waals surface area contributed by atoms with Gasteiger partial charge in [-0.2, -0.15) is 0 Å². The normalized spacial score (nSPS) is 11.8. The molecule has 0 aromatic heterocycles. The van der Waals surface area contributed by atoms with E-state index in [2.05, 4.69) is 0 Å². The zero-order chi connectivity index (χ0) is 18.7. The summed E-state index contributed by atoms with van der Waals surface area (Å²) in [6.45, 7) is 1.91. The van der Waals surface area contributed by atoms with E-state index in [-0.39, 0.29) is 0 Å². The highest BCUT2D eigenvalue weighted by atomic mass is 19.1. The van der Waals surface area contributed by atoms with Gasteiger partial charge in [-0.1, -0.05) is 60.2 Å². The van der Waals surface area contributed by atoms with Gasteiger partial charge in [0, 0.05) is 12.1 Å². The monoisotopic (exact) mass is 356 g/mol. The molecule has 0 saturated heterocycles. The van der Waals surface area contributed by atoms with Crippen LogP contribution in [0, 0.1) is 24.4 Å². The van der Waals surface area contributed by atoms with Crippen molar-refractivity contribution < 1.29 is 22.7 Å². The minimum atomic E-state index is -1.30. The fourth-order valence-electron chi connectivity index (χ4n) is 2.60. The minimum absolute atomic E-state index is 0.447. The van der Waals surface area contributed by atoms with Gasteiger partial charge in [-0.3, -0.25) is 0 Å². The van der Waals surface area contributed by atoms with Crippen molar-refractivity contribution in [2.24, 2.45) is 0 Å². The molecule has 0 aliphatic carbocycles. The smallest absolute Gasteiger partial charge is 0.345 e.